The molecule has 166 valence electrons. The summed E-state index contributed by atoms with van der Waals surface area (Å²) >= 11 is 0. The average molecular weight is 426 g/mol. The number of benzene rings is 2. The number of hydrogen-bond acceptors (Lipinski definition) is 5. The van der Waals surface area contributed by atoms with Gasteiger partial charge in [0.15, 0.2) is 0 Å². The first-order chi connectivity index (χ1) is 15.0. The van der Waals surface area contributed by atoms with Crippen LogP contribution in [0, 0.1) is 5.92 Å². The highest BCUT2D eigenvalue weighted by atomic mass is 16.5. The van der Waals surface area contributed by atoms with Crippen LogP contribution in [0.15, 0.2) is 42.5 Å². The molecule has 0 bridgehead atoms. The van der Waals surface area contributed by atoms with Crippen LogP contribution < -0.4 is 14.2 Å². The maximum Gasteiger partial charge on any atom is 0.258 e. The lowest BCUT2D eigenvalue weighted by Crippen LogP contribution is -2.56. The number of fused-ring (bicyclic) bond motifs is 1. The number of nitrogens with zero attached hydrogens (tertiary/aromatic N) is 1. The molecule has 1 aliphatic carbocycles. The molecule has 6 heteroatoms. The maximum absolute atomic E-state index is 13.8. The minimum absolute atomic E-state index is 0.0421. The Morgan fingerprint density at radius 3 is 2.52 bits per heavy atom. The SMILES string of the molecule is COc1ccc(C(=O)N2CC[C@@]3(O)CCCC[C@H]3[C@@H]2c2ccccc2OC)c(OC)c1. The van der Waals surface area contributed by atoms with Crippen LogP contribution in [0.4, 0.5) is 0 Å². The number of carbonyl (C=O) groups is 1. The lowest BCUT2D eigenvalue weighted by atomic mass is 9.66. The molecule has 6 nitrogen and oxygen atoms in total. The van der Waals surface area contributed by atoms with Crippen LogP contribution in [0.25, 0.3) is 0 Å². The highest BCUT2D eigenvalue weighted by Crippen LogP contribution is 2.51. The van der Waals surface area contributed by atoms with E-state index in [9.17, 15) is 9.90 Å². The zero-order valence-corrected chi connectivity index (χ0v) is 18.5. The standard InChI is InChI=1S/C25H31NO5/c1-29-17-11-12-19(22(16-17)31-3)24(27)26-15-14-25(28)13-7-6-9-20(25)23(26)18-8-4-5-10-21(18)30-2/h4-5,8,10-12,16,20,23,28H,6-7,9,13-15H2,1-3H3/t20-,23-,25-/m0/s1. The van der Waals surface area contributed by atoms with E-state index >= 15 is 0 Å². The molecule has 1 saturated heterocycles. The molecule has 2 aliphatic rings. The summed E-state index contributed by atoms with van der Waals surface area (Å²) in [5, 5.41) is 11.5. The molecular weight excluding hydrogens is 394 g/mol. The van der Waals surface area contributed by atoms with Crippen molar-refractivity contribution in [1.82, 2.24) is 4.90 Å². The lowest BCUT2D eigenvalue weighted by molar-refractivity contribution is -0.115. The van der Waals surface area contributed by atoms with Crippen molar-refractivity contribution < 1.29 is 24.1 Å². The highest BCUT2D eigenvalue weighted by molar-refractivity contribution is 5.97. The Morgan fingerprint density at radius 2 is 1.77 bits per heavy atom. The molecule has 2 fully saturated rings. The number of likely N-dealkylation sites (tertiary alicyclic amines) is 1. The van der Waals surface area contributed by atoms with E-state index in [0.29, 0.717) is 30.0 Å². The van der Waals surface area contributed by atoms with E-state index in [0.717, 1.165) is 37.0 Å². The number of hydrogen-bond donors (Lipinski definition) is 1. The highest BCUT2D eigenvalue weighted by Gasteiger charge is 2.51. The number of para-hydroxylation sites is 1. The first kappa shape index (κ1) is 21.5. The van der Waals surface area contributed by atoms with Crippen molar-refractivity contribution in [2.75, 3.05) is 27.9 Å². The number of rotatable bonds is 5. The summed E-state index contributed by atoms with van der Waals surface area (Å²) in [5.74, 6) is 1.70. The number of amides is 1. The van der Waals surface area contributed by atoms with Gasteiger partial charge >= 0.3 is 0 Å². The molecule has 0 spiro atoms. The van der Waals surface area contributed by atoms with Gasteiger partial charge in [-0.1, -0.05) is 31.0 Å². The van der Waals surface area contributed by atoms with Gasteiger partial charge in [0.1, 0.15) is 17.2 Å². The van der Waals surface area contributed by atoms with Gasteiger partial charge in [0, 0.05) is 24.1 Å². The van der Waals surface area contributed by atoms with Gasteiger partial charge in [-0.15, -0.1) is 0 Å². The minimum atomic E-state index is -0.759. The van der Waals surface area contributed by atoms with Crippen molar-refractivity contribution in [2.45, 2.75) is 43.7 Å². The van der Waals surface area contributed by atoms with E-state index in [-0.39, 0.29) is 17.9 Å². The van der Waals surface area contributed by atoms with Crippen molar-refractivity contribution in [1.29, 1.82) is 0 Å². The molecule has 2 aromatic carbocycles. The Balaban J connectivity index is 1.79. The van der Waals surface area contributed by atoms with Crippen molar-refractivity contribution in [3.63, 3.8) is 0 Å². The topological polar surface area (TPSA) is 68.2 Å². The zero-order chi connectivity index (χ0) is 22.0. The van der Waals surface area contributed by atoms with Crippen LogP contribution in [0.1, 0.15) is 54.1 Å². The zero-order valence-electron chi connectivity index (χ0n) is 18.5. The summed E-state index contributed by atoms with van der Waals surface area (Å²) in [7, 11) is 4.79. The van der Waals surface area contributed by atoms with Gasteiger partial charge in [-0.25, -0.2) is 0 Å². The van der Waals surface area contributed by atoms with E-state index in [1.165, 1.54) is 0 Å². The van der Waals surface area contributed by atoms with Crippen molar-refractivity contribution in [3.8, 4) is 17.2 Å². The van der Waals surface area contributed by atoms with E-state index < -0.39 is 5.60 Å². The Kier molecular flexibility index (Phi) is 6.10. The summed E-state index contributed by atoms with van der Waals surface area (Å²) in [6, 6.07) is 12.8. The molecule has 1 heterocycles. The van der Waals surface area contributed by atoms with Crippen LogP contribution in [0.2, 0.25) is 0 Å². The fourth-order valence-corrected chi connectivity index (χ4v) is 5.34. The molecule has 1 aliphatic heterocycles. The molecule has 0 unspecified atom stereocenters. The van der Waals surface area contributed by atoms with Gasteiger partial charge < -0.3 is 24.2 Å². The molecule has 1 amide bonds. The van der Waals surface area contributed by atoms with Crippen molar-refractivity contribution >= 4 is 5.91 Å². The van der Waals surface area contributed by atoms with Crippen LogP contribution >= 0.6 is 0 Å². The van der Waals surface area contributed by atoms with Gasteiger partial charge in [0.05, 0.1) is 38.5 Å². The molecular formula is C25H31NO5. The van der Waals surface area contributed by atoms with Crippen LogP contribution in [-0.2, 0) is 0 Å². The van der Waals surface area contributed by atoms with Crippen molar-refractivity contribution in [2.24, 2.45) is 5.92 Å². The second-order valence-corrected chi connectivity index (χ2v) is 8.46. The van der Waals surface area contributed by atoms with Crippen LogP contribution in [0.5, 0.6) is 17.2 Å². The van der Waals surface area contributed by atoms with E-state index in [1.807, 2.05) is 29.2 Å². The summed E-state index contributed by atoms with van der Waals surface area (Å²) in [5.41, 5.74) is 0.671. The van der Waals surface area contributed by atoms with E-state index in [4.69, 9.17) is 14.2 Å². The minimum Gasteiger partial charge on any atom is -0.497 e. The van der Waals surface area contributed by atoms with E-state index in [1.54, 1.807) is 39.5 Å². The normalized spacial score (nSPS) is 25.5. The second-order valence-electron chi connectivity index (χ2n) is 8.46. The smallest absolute Gasteiger partial charge is 0.258 e. The summed E-state index contributed by atoms with van der Waals surface area (Å²) in [6.07, 6.45) is 4.30. The average Bonchev–Trinajstić information content (AvgIpc) is 2.82. The quantitative estimate of drug-likeness (QED) is 0.777. The summed E-state index contributed by atoms with van der Waals surface area (Å²) in [6.45, 7) is 0.476. The third-order valence-electron chi connectivity index (χ3n) is 6.93. The molecule has 0 radical (unpaired) electrons. The monoisotopic (exact) mass is 425 g/mol. The third kappa shape index (κ3) is 3.85. The van der Waals surface area contributed by atoms with Gasteiger partial charge in [0.25, 0.3) is 5.91 Å². The van der Waals surface area contributed by atoms with E-state index in [2.05, 4.69) is 0 Å². The Morgan fingerprint density at radius 1 is 1.00 bits per heavy atom. The Bertz CT molecular complexity index is 945. The lowest BCUT2D eigenvalue weighted by Gasteiger charge is -2.52. The van der Waals surface area contributed by atoms with Gasteiger partial charge in [-0.05, 0) is 37.5 Å². The number of ether oxygens (including phenoxy) is 3. The fourth-order valence-electron chi connectivity index (χ4n) is 5.34. The van der Waals surface area contributed by atoms with Gasteiger partial charge in [0.2, 0.25) is 0 Å². The maximum atomic E-state index is 13.8. The van der Waals surface area contributed by atoms with Crippen molar-refractivity contribution in [3.05, 3.63) is 53.6 Å². The predicted molar refractivity (Wildman–Crippen MR) is 118 cm³/mol. The molecule has 1 N–H and O–H groups in total. The molecule has 0 aromatic heterocycles. The first-order valence-corrected chi connectivity index (χ1v) is 10.9. The molecule has 31 heavy (non-hydrogen) atoms. The number of carbonyl (C=O) groups excluding carboxylic acids is 1. The molecule has 3 atom stereocenters. The predicted octanol–water partition coefficient (Wildman–Crippen LogP) is 4.22. The largest absolute Gasteiger partial charge is 0.497 e. The van der Waals surface area contributed by atoms with Gasteiger partial charge in [-0.3, -0.25) is 4.79 Å². The van der Waals surface area contributed by atoms with Crippen LogP contribution in [-0.4, -0.2) is 49.4 Å². The number of methoxy groups -OCH3 is 3. The number of aliphatic hydroxyl groups is 1. The molecule has 4 rings (SSSR count). The third-order valence-corrected chi connectivity index (χ3v) is 6.93. The van der Waals surface area contributed by atoms with Gasteiger partial charge in [-0.2, -0.15) is 0 Å². The Hall–Kier alpha value is -2.73. The first-order valence-electron chi connectivity index (χ1n) is 10.9. The molecule has 1 saturated carbocycles. The Labute approximate surface area is 183 Å². The molecule has 2 aromatic rings. The number of piperidine rings is 1. The summed E-state index contributed by atoms with van der Waals surface area (Å²) in [4.78, 5) is 15.7. The fraction of sp³-hybridized carbons (Fsp3) is 0.480. The van der Waals surface area contributed by atoms with Crippen LogP contribution in [0.3, 0.4) is 0 Å². The second kappa shape index (κ2) is 8.79. The summed E-state index contributed by atoms with van der Waals surface area (Å²) < 4.78 is 16.5.